The Morgan fingerprint density at radius 1 is 0.568 bits per heavy atom. The van der Waals surface area contributed by atoms with E-state index < -0.39 is 0 Å². The highest BCUT2D eigenvalue weighted by Gasteiger charge is 2.59. The normalized spacial score (nSPS) is 26.0. The summed E-state index contributed by atoms with van der Waals surface area (Å²) < 4.78 is 0. The molecule has 2 bridgehead atoms. The monoisotopic (exact) mass is 1070 g/mol. The molecule has 5 aromatic rings. The number of nitrogens with zero attached hydrogens (tertiary/aromatic N) is 3. The third-order valence-electron chi connectivity index (χ3n) is 22.9. The van der Waals surface area contributed by atoms with Crippen molar-refractivity contribution in [1.82, 2.24) is 0 Å². The number of hydrogen-bond acceptors (Lipinski definition) is 3. The lowest BCUT2D eigenvalue weighted by Gasteiger charge is -2.62. The van der Waals surface area contributed by atoms with Crippen molar-refractivity contribution in [3.63, 3.8) is 0 Å². The van der Waals surface area contributed by atoms with Crippen LogP contribution in [-0.2, 0) is 27.1 Å². The van der Waals surface area contributed by atoms with Gasteiger partial charge in [0.05, 0.1) is 17.8 Å². The molecule has 9 aliphatic rings. The third-order valence-corrected chi connectivity index (χ3v) is 22.9. The van der Waals surface area contributed by atoms with E-state index in [1.54, 1.807) is 11.1 Å². The molecule has 6 aliphatic carbocycles. The Kier molecular flexibility index (Phi) is 11.4. The molecule has 3 heterocycles. The molecular formula is C78H91N3. The highest BCUT2D eigenvalue weighted by atomic mass is 15.2. The summed E-state index contributed by atoms with van der Waals surface area (Å²) in [6.07, 6.45) is 27.7. The fourth-order valence-corrected chi connectivity index (χ4v) is 17.8. The summed E-state index contributed by atoms with van der Waals surface area (Å²) in [6.45, 7) is 39.6. The minimum atomic E-state index is -0.317. The van der Waals surface area contributed by atoms with Crippen molar-refractivity contribution < 1.29 is 0 Å². The quantitative estimate of drug-likeness (QED) is 0.168. The third kappa shape index (κ3) is 7.63. The van der Waals surface area contributed by atoms with Crippen molar-refractivity contribution in [1.29, 1.82) is 0 Å². The zero-order valence-corrected chi connectivity index (χ0v) is 52.1. The molecule has 0 aromatic heterocycles. The number of hydrogen-bond donors (Lipinski definition) is 0. The van der Waals surface area contributed by atoms with Crippen LogP contribution < -0.4 is 14.7 Å². The maximum Gasteiger partial charge on any atom is 0.0636 e. The van der Waals surface area contributed by atoms with Crippen molar-refractivity contribution >= 4 is 28.4 Å². The summed E-state index contributed by atoms with van der Waals surface area (Å²) >= 11 is 0. The number of rotatable bonds is 6. The standard InChI is InChI=1S/C78H91N3/c1-72(2,3)48-28-32-51(33-29-48)79(53-37-39-61-59(41-53)58-24-19-20-25-60(58)75(61,9)10)55-43-65-70-67(45-55)78(15,16)68-46-56(44-66-71(68)81(70)69-62(76(65,11)12)26-21-27-63(69)77(66,13)14)80(52-34-30-49(31-35-52)73(4,5)6)54-36-38-57-47-22-17-18-23-50(40-47)74(7,8)64(57)42-54/h19-21,24-30,32,34,36-39,41-47,50-51,65,70H,17-18,22-23,31,33,35,40H2,1-16H3. The first-order chi connectivity index (χ1) is 38.2. The second kappa shape index (κ2) is 17.5. The van der Waals surface area contributed by atoms with Crippen molar-refractivity contribution in [2.45, 2.75) is 207 Å². The van der Waals surface area contributed by atoms with E-state index >= 15 is 0 Å². The van der Waals surface area contributed by atoms with Crippen LogP contribution in [0.1, 0.15) is 213 Å². The van der Waals surface area contributed by atoms with Crippen LogP contribution in [0.25, 0.3) is 11.1 Å². The average Bonchev–Trinajstić information content (AvgIpc) is 1.89. The first-order valence-corrected chi connectivity index (χ1v) is 31.5. The van der Waals surface area contributed by atoms with Crippen LogP contribution in [0.3, 0.4) is 0 Å². The number of benzene rings is 5. The molecule has 0 amide bonds. The van der Waals surface area contributed by atoms with Gasteiger partial charge in [0.15, 0.2) is 0 Å². The average molecular weight is 1070 g/mol. The molecule has 14 rings (SSSR count). The fraction of sp³-hybridized carbons (Fsp3) is 0.462. The summed E-state index contributed by atoms with van der Waals surface area (Å²) in [5.74, 6) is 1.59. The van der Waals surface area contributed by atoms with Gasteiger partial charge in [0.1, 0.15) is 0 Å². The van der Waals surface area contributed by atoms with E-state index in [-0.39, 0.29) is 55.9 Å². The van der Waals surface area contributed by atoms with E-state index in [9.17, 15) is 0 Å². The van der Waals surface area contributed by atoms with E-state index in [1.165, 1.54) is 133 Å². The fourth-order valence-electron chi connectivity index (χ4n) is 17.8. The van der Waals surface area contributed by atoms with E-state index in [0.717, 1.165) is 25.2 Å². The van der Waals surface area contributed by atoms with Gasteiger partial charge in [-0.3, -0.25) is 0 Å². The summed E-state index contributed by atoms with van der Waals surface area (Å²) in [7, 11) is 0. The zero-order valence-electron chi connectivity index (χ0n) is 52.1. The zero-order chi connectivity index (χ0) is 56.9. The van der Waals surface area contributed by atoms with Crippen LogP contribution >= 0.6 is 0 Å². The lowest BCUT2D eigenvalue weighted by atomic mass is 9.54. The Morgan fingerprint density at radius 3 is 1.95 bits per heavy atom. The predicted octanol–water partition coefficient (Wildman–Crippen LogP) is 20.7. The van der Waals surface area contributed by atoms with Gasteiger partial charge in [-0.15, -0.1) is 0 Å². The molecule has 3 aliphatic heterocycles. The van der Waals surface area contributed by atoms with Crippen molar-refractivity contribution in [2.75, 3.05) is 14.7 Å². The maximum absolute atomic E-state index is 2.90. The number of para-hydroxylation sites is 1. The lowest BCUT2D eigenvalue weighted by Crippen LogP contribution is -2.60. The molecule has 5 unspecified atom stereocenters. The molecule has 0 N–H and O–H groups in total. The molecule has 0 spiro atoms. The molecule has 5 aromatic carbocycles. The lowest BCUT2D eigenvalue weighted by molar-refractivity contribution is 0.251. The SMILES string of the molecule is CC(C)(C)C1=CCC(N(C2=CC3C4C(=C2)C(C)(C)c2cc(N(C5=CC=C(C(C)(C)C)CC5)c5ccc6c(c5)C(C)(C)C5CCCCC6C5)cc5c2N4c2c(cccc2C3(C)C)C5(C)C)c2ccc3c(c2)-c2ccccc2C3(C)C)C=C1. The second-order valence-electron chi connectivity index (χ2n) is 31.3. The summed E-state index contributed by atoms with van der Waals surface area (Å²) in [4.78, 5) is 8.38. The van der Waals surface area contributed by atoms with Gasteiger partial charge in [0.25, 0.3) is 0 Å². The summed E-state index contributed by atoms with van der Waals surface area (Å²) in [6, 6.07) is 37.4. The van der Waals surface area contributed by atoms with Crippen LogP contribution in [0.15, 0.2) is 162 Å². The first kappa shape index (κ1) is 53.0. The Balaban J connectivity index is 0.994. The van der Waals surface area contributed by atoms with Crippen molar-refractivity contribution in [3.8, 4) is 11.1 Å². The molecular weight excluding hydrogens is 979 g/mol. The minimum absolute atomic E-state index is 0.0630. The maximum atomic E-state index is 2.90. The Morgan fingerprint density at radius 2 is 1.23 bits per heavy atom. The van der Waals surface area contributed by atoms with Gasteiger partial charge in [-0.25, -0.2) is 0 Å². The molecule has 81 heavy (non-hydrogen) atoms. The molecule has 3 nitrogen and oxygen atoms in total. The highest BCUT2D eigenvalue weighted by Crippen LogP contribution is 2.67. The summed E-state index contributed by atoms with van der Waals surface area (Å²) in [5.41, 5.74) is 28.1. The molecule has 5 atom stereocenters. The smallest absolute Gasteiger partial charge is 0.0636 e. The molecule has 418 valence electrons. The van der Waals surface area contributed by atoms with Crippen LogP contribution in [-0.4, -0.2) is 12.1 Å². The molecule has 1 saturated carbocycles. The second-order valence-corrected chi connectivity index (χ2v) is 31.3. The first-order valence-electron chi connectivity index (χ1n) is 31.5. The van der Waals surface area contributed by atoms with E-state index in [1.807, 2.05) is 0 Å². The van der Waals surface area contributed by atoms with Gasteiger partial charge in [0, 0.05) is 61.7 Å². The van der Waals surface area contributed by atoms with Crippen LogP contribution in [0.2, 0.25) is 0 Å². The van der Waals surface area contributed by atoms with Gasteiger partial charge >= 0.3 is 0 Å². The molecule has 1 fully saturated rings. The van der Waals surface area contributed by atoms with Gasteiger partial charge in [-0.2, -0.15) is 0 Å². The van der Waals surface area contributed by atoms with Gasteiger partial charge in [-0.1, -0.05) is 214 Å². The van der Waals surface area contributed by atoms with E-state index in [0.29, 0.717) is 5.92 Å². The van der Waals surface area contributed by atoms with Crippen LogP contribution in [0, 0.1) is 22.7 Å². The van der Waals surface area contributed by atoms with Crippen LogP contribution in [0.4, 0.5) is 28.4 Å². The Bertz CT molecular complexity index is 3700. The van der Waals surface area contributed by atoms with Crippen molar-refractivity contribution in [2.24, 2.45) is 22.7 Å². The largest absolute Gasteiger partial charge is 0.334 e. The number of anilines is 5. The van der Waals surface area contributed by atoms with Gasteiger partial charge in [-0.05, 0) is 182 Å². The number of fused-ring (bicyclic) bond motifs is 7. The van der Waals surface area contributed by atoms with E-state index in [2.05, 4.69) is 259 Å². The Hall–Kier alpha value is -6.06. The van der Waals surface area contributed by atoms with Gasteiger partial charge < -0.3 is 14.7 Å². The molecule has 3 heteroatoms. The Labute approximate surface area is 487 Å². The highest BCUT2D eigenvalue weighted by molar-refractivity contribution is 5.92. The molecule has 0 radical (unpaired) electrons. The minimum Gasteiger partial charge on any atom is -0.334 e. The van der Waals surface area contributed by atoms with E-state index in [4.69, 9.17) is 0 Å². The van der Waals surface area contributed by atoms with Crippen LogP contribution in [0.5, 0.6) is 0 Å². The predicted molar refractivity (Wildman–Crippen MR) is 344 cm³/mol. The molecule has 0 saturated heterocycles. The topological polar surface area (TPSA) is 9.72 Å². The van der Waals surface area contributed by atoms with Gasteiger partial charge in [0.2, 0.25) is 0 Å². The van der Waals surface area contributed by atoms with Crippen molar-refractivity contribution in [3.05, 3.63) is 206 Å². The summed E-state index contributed by atoms with van der Waals surface area (Å²) in [5, 5.41) is 0. The number of allylic oxidation sites excluding steroid dienone is 7.